The molecule has 19 heavy (non-hydrogen) atoms. The Hall–Kier alpha value is -1.78. The smallest absolute Gasteiger partial charge is 0.342 e. The van der Waals surface area contributed by atoms with E-state index in [0.717, 1.165) is 19.3 Å². The van der Waals surface area contributed by atoms with Crippen molar-refractivity contribution in [1.82, 2.24) is 0 Å². The van der Waals surface area contributed by atoms with Gasteiger partial charge in [0, 0.05) is 0 Å². The van der Waals surface area contributed by atoms with Gasteiger partial charge in [0.15, 0.2) is 5.60 Å². The lowest BCUT2D eigenvalue weighted by Crippen LogP contribution is -2.49. The van der Waals surface area contributed by atoms with Gasteiger partial charge in [-0.2, -0.15) is 0 Å². The second-order valence-electron chi connectivity index (χ2n) is 5.14. The summed E-state index contributed by atoms with van der Waals surface area (Å²) >= 11 is 0. The van der Waals surface area contributed by atoms with E-state index in [2.05, 4.69) is 0 Å². The van der Waals surface area contributed by atoms with Gasteiger partial charge in [-0.1, -0.05) is 6.42 Å². The van der Waals surface area contributed by atoms with Crippen LogP contribution in [-0.2, 0) is 9.53 Å². The van der Waals surface area contributed by atoms with Crippen molar-refractivity contribution >= 4 is 11.9 Å². The SMILES string of the molecule is Cc1cc(C(=O)OC2(C(N)=O)CCCCC2)c(C)o1. The molecular weight excluding hydrogens is 246 g/mol. The minimum absolute atomic E-state index is 0.365. The Morgan fingerprint density at radius 3 is 2.37 bits per heavy atom. The summed E-state index contributed by atoms with van der Waals surface area (Å²) in [5.41, 5.74) is 4.65. The van der Waals surface area contributed by atoms with Crippen molar-refractivity contribution < 1.29 is 18.7 Å². The number of furan rings is 1. The minimum atomic E-state index is -1.15. The number of hydrogen-bond acceptors (Lipinski definition) is 4. The number of amides is 1. The first-order chi connectivity index (χ1) is 8.94. The molecular formula is C14H19NO4. The molecule has 1 saturated carbocycles. The van der Waals surface area contributed by atoms with Crippen molar-refractivity contribution in [2.75, 3.05) is 0 Å². The fourth-order valence-corrected chi connectivity index (χ4v) is 2.59. The molecule has 1 aliphatic rings. The first-order valence-electron chi connectivity index (χ1n) is 6.55. The number of esters is 1. The van der Waals surface area contributed by atoms with Gasteiger partial charge in [-0.15, -0.1) is 0 Å². The van der Waals surface area contributed by atoms with E-state index in [0.29, 0.717) is 29.9 Å². The summed E-state index contributed by atoms with van der Waals surface area (Å²) < 4.78 is 10.7. The van der Waals surface area contributed by atoms with Crippen LogP contribution in [0, 0.1) is 13.8 Å². The predicted molar refractivity (Wildman–Crippen MR) is 68.6 cm³/mol. The Bertz CT molecular complexity index is 498. The molecule has 2 N–H and O–H groups in total. The van der Waals surface area contributed by atoms with Crippen LogP contribution in [0.4, 0.5) is 0 Å². The van der Waals surface area contributed by atoms with E-state index in [9.17, 15) is 9.59 Å². The highest BCUT2D eigenvalue weighted by Crippen LogP contribution is 2.32. The molecule has 0 radical (unpaired) electrons. The van der Waals surface area contributed by atoms with Gasteiger partial charge >= 0.3 is 5.97 Å². The molecule has 0 saturated heterocycles. The summed E-state index contributed by atoms with van der Waals surface area (Å²) in [6.07, 6.45) is 3.74. The minimum Gasteiger partial charge on any atom is -0.466 e. The lowest BCUT2D eigenvalue weighted by atomic mass is 9.84. The van der Waals surface area contributed by atoms with E-state index in [1.165, 1.54) is 0 Å². The molecule has 1 aliphatic carbocycles. The summed E-state index contributed by atoms with van der Waals surface area (Å²) in [5, 5.41) is 0. The summed E-state index contributed by atoms with van der Waals surface area (Å²) in [4.78, 5) is 23.8. The van der Waals surface area contributed by atoms with Crippen molar-refractivity contribution in [3.63, 3.8) is 0 Å². The number of rotatable bonds is 3. The molecule has 0 unspecified atom stereocenters. The Balaban J connectivity index is 2.20. The highest BCUT2D eigenvalue weighted by Gasteiger charge is 2.42. The van der Waals surface area contributed by atoms with Crippen LogP contribution >= 0.6 is 0 Å². The normalized spacial score (nSPS) is 18.0. The molecule has 1 aromatic rings. The Morgan fingerprint density at radius 1 is 1.26 bits per heavy atom. The first kappa shape index (κ1) is 13.6. The molecule has 0 aliphatic heterocycles. The molecule has 1 amide bonds. The molecule has 0 bridgehead atoms. The largest absolute Gasteiger partial charge is 0.466 e. The number of ether oxygens (including phenoxy) is 1. The maximum absolute atomic E-state index is 12.2. The van der Waals surface area contributed by atoms with Crippen molar-refractivity contribution in [2.24, 2.45) is 5.73 Å². The van der Waals surface area contributed by atoms with Crippen molar-refractivity contribution in [2.45, 2.75) is 51.6 Å². The van der Waals surface area contributed by atoms with E-state index < -0.39 is 17.5 Å². The van der Waals surface area contributed by atoms with E-state index in [1.807, 2.05) is 0 Å². The van der Waals surface area contributed by atoms with Crippen molar-refractivity contribution in [1.29, 1.82) is 0 Å². The Kier molecular flexibility index (Phi) is 3.64. The molecule has 1 heterocycles. The molecule has 1 aromatic heterocycles. The maximum atomic E-state index is 12.2. The number of aryl methyl sites for hydroxylation is 2. The molecule has 104 valence electrons. The van der Waals surface area contributed by atoms with E-state index in [1.54, 1.807) is 19.9 Å². The lowest BCUT2D eigenvalue weighted by Gasteiger charge is -2.33. The van der Waals surface area contributed by atoms with Crippen LogP contribution in [0.3, 0.4) is 0 Å². The number of primary amides is 1. The van der Waals surface area contributed by atoms with Crippen LogP contribution in [-0.4, -0.2) is 17.5 Å². The third-order valence-corrected chi connectivity index (χ3v) is 3.66. The quantitative estimate of drug-likeness (QED) is 0.849. The zero-order valence-corrected chi connectivity index (χ0v) is 11.3. The van der Waals surface area contributed by atoms with Gasteiger partial charge in [0.1, 0.15) is 17.1 Å². The highest BCUT2D eigenvalue weighted by atomic mass is 16.6. The monoisotopic (exact) mass is 265 g/mol. The average molecular weight is 265 g/mol. The van der Waals surface area contributed by atoms with E-state index in [-0.39, 0.29) is 0 Å². The van der Waals surface area contributed by atoms with Gasteiger partial charge in [0.05, 0.1) is 0 Å². The first-order valence-corrected chi connectivity index (χ1v) is 6.55. The van der Waals surface area contributed by atoms with Crippen LogP contribution in [0.5, 0.6) is 0 Å². The van der Waals surface area contributed by atoms with Gasteiger partial charge in [0.25, 0.3) is 5.91 Å². The van der Waals surface area contributed by atoms with Gasteiger partial charge in [-0.3, -0.25) is 4.79 Å². The second-order valence-corrected chi connectivity index (χ2v) is 5.14. The van der Waals surface area contributed by atoms with Crippen LogP contribution in [0.1, 0.15) is 54.0 Å². The standard InChI is InChI=1S/C14H19NO4/c1-9-8-11(10(2)18-9)12(16)19-14(13(15)17)6-4-3-5-7-14/h8H,3-7H2,1-2H3,(H2,15,17). The maximum Gasteiger partial charge on any atom is 0.342 e. The van der Waals surface area contributed by atoms with Crippen LogP contribution in [0.15, 0.2) is 10.5 Å². The van der Waals surface area contributed by atoms with Gasteiger partial charge in [-0.05, 0) is 45.6 Å². The summed E-state index contributed by atoms with van der Waals surface area (Å²) in [5.74, 6) is 0.0487. The molecule has 1 fully saturated rings. The number of nitrogens with two attached hydrogens (primary N) is 1. The highest BCUT2D eigenvalue weighted by molar-refractivity contribution is 5.94. The van der Waals surface area contributed by atoms with Crippen LogP contribution in [0.2, 0.25) is 0 Å². The van der Waals surface area contributed by atoms with Gasteiger partial charge in [0.2, 0.25) is 0 Å². The number of carbonyl (C=O) groups is 2. The summed E-state index contributed by atoms with van der Waals surface area (Å²) in [7, 11) is 0. The summed E-state index contributed by atoms with van der Waals surface area (Å²) in [6.45, 7) is 3.45. The second kappa shape index (κ2) is 5.07. The summed E-state index contributed by atoms with van der Waals surface area (Å²) in [6, 6.07) is 1.62. The van der Waals surface area contributed by atoms with Crippen molar-refractivity contribution in [3.8, 4) is 0 Å². The van der Waals surface area contributed by atoms with E-state index >= 15 is 0 Å². The fraction of sp³-hybridized carbons (Fsp3) is 0.571. The van der Waals surface area contributed by atoms with Gasteiger partial charge in [-0.25, -0.2) is 4.79 Å². The number of carbonyl (C=O) groups excluding carboxylic acids is 2. The fourth-order valence-electron chi connectivity index (χ4n) is 2.59. The molecule has 5 heteroatoms. The third-order valence-electron chi connectivity index (χ3n) is 3.66. The zero-order chi connectivity index (χ0) is 14.0. The Morgan fingerprint density at radius 2 is 1.89 bits per heavy atom. The molecule has 2 rings (SSSR count). The lowest BCUT2D eigenvalue weighted by molar-refractivity contribution is -0.140. The third kappa shape index (κ3) is 2.64. The number of hydrogen-bond donors (Lipinski definition) is 1. The molecule has 5 nitrogen and oxygen atoms in total. The topological polar surface area (TPSA) is 82.5 Å². The van der Waals surface area contributed by atoms with E-state index in [4.69, 9.17) is 14.9 Å². The zero-order valence-electron chi connectivity index (χ0n) is 11.3. The van der Waals surface area contributed by atoms with Crippen molar-refractivity contribution in [3.05, 3.63) is 23.2 Å². The average Bonchev–Trinajstić information content (AvgIpc) is 2.69. The molecule has 0 spiro atoms. The van der Waals surface area contributed by atoms with Crippen LogP contribution in [0.25, 0.3) is 0 Å². The predicted octanol–water partition coefficient (Wildman–Crippen LogP) is 2.24. The Labute approximate surface area is 112 Å². The molecule has 0 aromatic carbocycles. The van der Waals surface area contributed by atoms with Crippen LogP contribution < -0.4 is 5.73 Å². The van der Waals surface area contributed by atoms with Gasteiger partial charge < -0.3 is 14.9 Å². The molecule has 0 atom stereocenters.